The Labute approximate surface area is 104 Å². The van der Waals surface area contributed by atoms with Gasteiger partial charge in [-0.3, -0.25) is 10.6 Å². The van der Waals surface area contributed by atoms with E-state index in [-0.39, 0.29) is 6.61 Å². The van der Waals surface area contributed by atoms with Gasteiger partial charge in [-0.25, -0.2) is 10.4 Å². The van der Waals surface area contributed by atoms with Crippen molar-refractivity contribution in [3.8, 4) is 0 Å². The first kappa shape index (κ1) is 16.7. The van der Waals surface area contributed by atoms with Gasteiger partial charge in [0.2, 0.25) is 0 Å². The average molecular weight is 249 g/mol. The highest BCUT2D eigenvalue weighted by molar-refractivity contribution is 4.71. The van der Waals surface area contributed by atoms with Crippen molar-refractivity contribution in [1.29, 1.82) is 0 Å². The fraction of sp³-hybridized carbons (Fsp3) is 1.00. The van der Waals surface area contributed by atoms with E-state index in [4.69, 9.17) is 5.11 Å². The zero-order valence-corrected chi connectivity index (χ0v) is 11.3. The van der Waals surface area contributed by atoms with Gasteiger partial charge in [0, 0.05) is 33.6 Å². The molecule has 0 aliphatic rings. The van der Waals surface area contributed by atoms with Gasteiger partial charge in [-0.1, -0.05) is 6.92 Å². The second kappa shape index (κ2) is 8.76. The predicted molar refractivity (Wildman–Crippen MR) is 67.8 cm³/mol. The summed E-state index contributed by atoms with van der Waals surface area (Å²) >= 11 is 0. The summed E-state index contributed by atoms with van der Waals surface area (Å²) in [6, 6.07) is 0. The van der Waals surface area contributed by atoms with Gasteiger partial charge in [0.1, 0.15) is 0 Å². The second-order valence-electron chi connectivity index (χ2n) is 3.99. The van der Waals surface area contributed by atoms with E-state index in [1.165, 1.54) is 0 Å². The van der Waals surface area contributed by atoms with Crippen molar-refractivity contribution < 1.29 is 10.2 Å². The molecule has 7 heteroatoms. The van der Waals surface area contributed by atoms with Crippen molar-refractivity contribution in [2.45, 2.75) is 19.2 Å². The van der Waals surface area contributed by atoms with Crippen molar-refractivity contribution in [1.82, 2.24) is 26.2 Å². The van der Waals surface area contributed by atoms with Gasteiger partial charge in [-0.2, -0.15) is 5.12 Å². The summed E-state index contributed by atoms with van der Waals surface area (Å²) in [7, 11) is 5.51. The van der Waals surface area contributed by atoms with Gasteiger partial charge in [0.05, 0.1) is 6.61 Å². The Kier molecular flexibility index (Phi) is 8.61. The molecule has 0 aliphatic heterocycles. The number of hydrazine groups is 2. The van der Waals surface area contributed by atoms with Crippen LogP contribution in [0.15, 0.2) is 0 Å². The summed E-state index contributed by atoms with van der Waals surface area (Å²) in [6.07, 6.45) is 0.508. The van der Waals surface area contributed by atoms with Gasteiger partial charge >= 0.3 is 0 Å². The third-order valence-corrected chi connectivity index (χ3v) is 2.46. The first-order chi connectivity index (χ1) is 7.99. The number of hydrogen-bond donors (Lipinski definition) is 5. The summed E-state index contributed by atoms with van der Waals surface area (Å²) in [6.45, 7) is 3.79. The maximum atomic E-state index is 10.1. The summed E-state index contributed by atoms with van der Waals surface area (Å²) in [5.74, 6) is -1.07. The highest BCUT2D eigenvalue weighted by Gasteiger charge is 2.24. The van der Waals surface area contributed by atoms with Gasteiger partial charge < -0.3 is 10.2 Å². The van der Waals surface area contributed by atoms with Crippen LogP contribution in [0.25, 0.3) is 0 Å². The van der Waals surface area contributed by atoms with Crippen molar-refractivity contribution in [3.63, 3.8) is 0 Å². The molecule has 1 unspecified atom stereocenters. The van der Waals surface area contributed by atoms with Crippen LogP contribution >= 0.6 is 0 Å². The SMILES string of the molecule is CCNC(O)(CCN(NCCO)N(C)C)NC. The summed E-state index contributed by atoms with van der Waals surface area (Å²) < 4.78 is 0. The molecule has 5 N–H and O–H groups in total. The molecule has 0 amide bonds. The highest BCUT2D eigenvalue weighted by Crippen LogP contribution is 2.02. The maximum Gasteiger partial charge on any atom is 0.172 e. The van der Waals surface area contributed by atoms with Crippen molar-refractivity contribution in [3.05, 3.63) is 0 Å². The van der Waals surface area contributed by atoms with E-state index in [2.05, 4.69) is 16.1 Å². The number of aliphatic hydroxyl groups excluding tert-OH is 1. The summed E-state index contributed by atoms with van der Waals surface area (Å²) in [5.41, 5.74) is 3.05. The van der Waals surface area contributed by atoms with E-state index in [0.29, 0.717) is 26.1 Å². The monoisotopic (exact) mass is 249 g/mol. The van der Waals surface area contributed by atoms with Gasteiger partial charge in [0.15, 0.2) is 5.85 Å². The van der Waals surface area contributed by atoms with E-state index < -0.39 is 5.85 Å². The Morgan fingerprint density at radius 1 is 1.29 bits per heavy atom. The zero-order valence-electron chi connectivity index (χ0n) is 11.3. The Hall–Kier alpha value is -0.280. The molecule has 17 heavy (non-hydrogen) atoms. The molecule has 0 saturated carbocycles. The number of hydrogen-bond acceptors (Lipinski definition) is 7. The van der Waals surface area contributed by atoms with Crippen LogP contribution in [0.1, 0.15) is 13.3 Å². The molecule has 0 radical (unpaired) electrons. The number of aliphatic hydroxyl groups is 2. The lowest BCUT2D eigenvalue weighted by Crippen LogP contribution is -2.58. The minimum atomic E-state index is -1.07. The molecular weight excluding hydrogens is 222 g/mol. The predicted octanol–water partition coefficient (Wildman–Crippen LogP) is -1.87. The maximum absolute atomic E-state index is 10.1. The molecule has 0 bridgehead atoms. The molecule has 0 aromatic carbocycles. The normalized spacial score (nSPS) is 15.5. The van der Waals surface area contributed by atoms with Crippen LogP contribution in [0.3, 0.4) is 0 Å². The number of rotatable bonds is 10. The quantitative estimate of drug-likeness (QED) is 0.229. The van der Waals surface area contributed by atoms with Crippen molar-refractivity contribution >= 4 is 0 Å². The third-order valence-electron chi connectivity index (χ3n) is 2.46. The minimum Gasteiger partial charge on any atom is -0.395 e. The van der Waals surface area contributed by atoms with Gasteiger partial charge in [0.25, 0.3) is 0 Å². The van der Waals surface area contributed by atoms with Crippen LogP contribution in [0, 0.1) is 0 Å². The fourth-order valence-corrected chi connectivity index (χ4v) is 1.46. The van der Waals surface area contributed by atoms with E-state index in [9.17, 15) is 5.11 Å². The molecule has 0 aliphatic carbocycles. The number of nitrogens with one attached hydrogen (secondary N) is 3. The largest absolute Gasteiger partial charge is 0.395 e. The van der Waals surface area contributed by atoms with Crippen LogP contribution < -0.4 is 16.1 Å². The standard InChI is InChI=1S/C10H27N5O2/c1-5-12-10(17,11-2)6-8-15(14(3)4)13-7-9-16/h11-13,16-17H,5-9H2,1-4H3. The first-order valence-electron chi connectivity index (χ1n) is 5.94. The van der Waals surface area contributed by atoms with Crippen molar-refractivity contribution in [2.75, 3.05) is 47.4 Å². The van der Waals surface area contributed by atoms with Crippen molar-refractivity contribution in [2.24, 2.45) is 0 Å². The lowest BCUT2D eigenvalue weighted by atomic mass is 10.2. The van der Waals surface area contributed by atoms with Crippen LogP contribution in [-0.2, 0) is 0 Å². The van der Waals surface area contributed by atoms with Crippen LogP contribution in [0.5, 0.6) is 0 Å². The molecule has 0 aromatic heterocycles. The summed E-state index contributed by atoms with van der Waals surface area (Å²) in [5, 5.41) is 28.5. The molecule has 0 rings (SSSR count). The van der Waals surface area contributed by atoms with Crippen LogP contribution in [-0.4, -0.2) is 73.6 Å². The fourth-order valence-electron chi connectivity index (χ4n) is 1.46. The molecule has 7 nitrogen and oxygen atoms in total. The van der Waals surface area contributed by atoms with Gasteiger partial charge in [-0.15, -0.1) is 0 Å². The first-order valence-corrected chi connectivity index (χ1v) is 5.94. The topological polar surface area (TPSA) is 83.0 Å². The molecule has 0 fully saturated rings. The third kappa shape index (κ3) is 6.89. The molecule has 104 valence electrons. The minimum absolute atomic E-state index is 0.0772. The van der Waals surface area contributed by atoms with E-state index in [1.54, 1.807) is 7.05 Å². The molecule has 0 saturated heterocycles. The molecular formula is C10H27N5O2. The average Bonchev–Trinajstić information content (AvgIpc) is 2.29. The van der Waals surface area contributed by atoms with Gasteiger partial charge in [-0.05, 0) is 13.6 Å². The van der Waals surface area contributed by atoms with E-state index >= 15 is 0 Å². The number of nitrogens with zero attached hydrogens (tertiary/aromatic N) is 2. The zero-order chi connectivity index (χ0) is 13.3. The lowest BCUT2D eigenvalue weighted by molar-refractivity contribution is -0.0788. The lowest BCUT2D eigenvalue weighted by Gasteiger charge is -2.34. The Morgan fingerprint density at radius 2 is 1.94 bits per heavy atom. The molecule has 0 heterocycles. The Morgan fingerprint density at radius 3 is 2.35 bits per heavy atom. The van der Waals surface area contributed by atoms with Crippen LogP contribution in [0.4, 0.5) is 0 Å². The molecule has 1 atom stereocenters. The molecule has 0 spiro atoms. The Bertz CT molecular complexity index is 194. The highest BCUT2D eigenvalue weighted by atomic mass is 16.3. The Balaban J connectivity index is 4.17. The van der Waals surface area contributed by atoms with Crippen LogP contribution in [0.2, 0.25) is 0 Å². The second-order valence-corrected chi connectivity index (χ2v) is 3.99. The smallest absolute Gasteiger partial charge is 0.172 e. The molecule has 0 aromatic rings. The van der Waals surface area contributed by atoms with E-state index in [1.807, 2.05) is 31.1 Å². The summed E-state index contributed by atoms with van der Waals surface area (Å²) in [4.78, 5) is 0. The van der Waals surface area contributed by atoms with E-state index in [0.717, 1.165) is 0 Å².